The van der Waals surface area contributed by atoms with Gasteiger partial charge < -0.3 is 5.32 Å². The summed E-state index contributed by atoms with van der Waals surface area (Å²) in [6.45, 7) is 4.72. The van der Waals surface area contributed by atoms with Crippen LogP contribution in [0.3, 0.4) is 0 Å². The maximum Gasteiger partial charge on any atom is 0.223 e. The molecule has 1 rings (SSSR count). The smallest absolute Gasteiger partial charge is 0.223 e. The summed E-state index contributed by atoms with van der Waals surface area (Å²) in [7, 11) is -3.36. The van der Waals surface area contributed by atoms with Crippen LogP contribution in [0.4, 0.5) is 4.39 Å². The molecule has 7 heteroatoms. The molecule has 0 spiro atoms. The Labute approximate surface area is 144 Å². The molecular weight excluding hydrogens is 331 g/mol. The lowest BCUT2D eigenvalue weighted by Crippen LogP contribution is -2.40. The van der Waals surface area contributed by atoms with Gasteiger partial charge in [-0.2, -0.15) is 0 Å². The van der Waals surface area contributed by atoms with E-state index in [1.54, 1.807) is 12.1 Å². The Balaban J connectivity index is 2.54. The van der Waals surface area contributed by atoms with Crippen LogP contribution in [0, 0.1) is 11.7 Å². The van der Waals surface area contributed by atoms with Crippen LogP contribution in [0.1, 0.15) is 32.3 Å². The van der Waals surface area contributed by atoms with E-state index in [0.29, 0.717) is 13.0 Å². The molecule has 0 heterocycles. The molecular formula is C17H27FN2O3S. The molecule has 0 radical (unpaired) electrons. The molecule has 0 aliphatic carbocycles. The molecule has 0 unspecified atom stereocenters. The van der Waals surface area contributed by atoms with Crippen LogP contribution in [0.5, 0.6) is 0 Å². The van der Waals surface area contributed by atoms with E-state index in [1.807, 2.05) is 13.8 Å². The van der Waals surface area contributed by atoms with Crippen LogP contribution < -0.4 is 5.32 Å². The van der Waals surface area contributed by atoms with E-state index in [4.69, 9.17) is 0 Å². The normalized spacial score (nSPS) is 11.9. The zero-order valence-corrected chi connectivity index (χ0v) is 15.4. The predicted molar refractivity (Wildman–Crippen MR) is 93.6 cm³/mol. The van der Waals surface area contributed by atoms with E-state index >= 15 is 0 Å². The molecule has 1 amide bonds. The van der Waals surface area contributed by atoms with Crippen LogP contribution in [0.2, 0.25) is 0 Å². The molecule has 5 nitrogen and oxygen atoms in total. The molecule has 1 N–H and O–H groups in total. The second-order valence-corrected chi connectivity index (χ2v) is 7.83. The van der Waals surface area contributed by atoms with E-state index in [9.17, 15) is 17.6 Å². The summed E-state index contributed by atoms with van der Waals surface area (Å²) in [4.78, 5) is 11.9. The SMILES string of the molecule is CCC(CC)C(=O)NCCN(CCc1ccc(F)cc1)S(C)(=O)=O. The van der Waals surface area contributed by atoms with Crippen LogP contribution in [-0.2, 0) is 21.2 Å². The molecule has 24 heavy (non-hydrogen) atoms. The van der Waals surface area contributed by atoms with E-state index in [1.165, 1.54) is 16.4 Å². The van der Waals surface area contributed by atoms with E-state index in [2.05, 4.69) is 5.32 Å². The Kier molecular flexibility index (Phi) is 8.35. The van der Waals surface area contributed by atoms with Crippen molar-refractivity contribution in [1.29, 1.82) is 0 Å². The van der Waals surface area contributed by atoms with Crippen molar-refractivity contribution in [3.63, 3.8) is 0 Å². The quantitative estimate of drug-likeness (QED) is 0.697. The van der Waals surface area contributed by atoms with Crippen molar-refractivity contribution in [2.45, 2.75) is 33.1 Å². The highest BCUT2D eigenvalue weighted by Gasteiger charge is 2.18. The van der Waals surface area contributed by atoms with E-state index in [0.717, 1.165) is 24.7 Å². The minimum atomic E-state index is -3.36. The minimum absolute atomic E-state index is 0.0316. The van der Waals surface area contributed by atoms with Gasteiger partial charge in [0.05, 0.1) is 6.26 Å². The van der Waals surface area contributed by atoms with Gasteiger partial charge in [-0.15, -0.1) is 0 Å². The fraction of sp³-hybridized carbons (Fsp3) is 0.588. The number of nitrogens with zero attached hydrogens (tertiary/aromatic N) is 1. The average molecular weight is 358 g/mol. The summed E-state index contributed by atoms with van der Waals surface area (Å²) in [5.74, 6) is -0.384. The Hall–Kier alpha value is -1.47. The molecule has 0 fully saturated rings. The molecule has 0 aliphatic rings. The number of rotatable bonds is 10. The van der Waals surface area contributed by atoms with Gasteiger partial charge in [-0.25, -0.2) is 17.1 Å². The fourth-order valence-electron chi connectivity index (χ4n) is 2.46. The summed E-state index contributed by atoms with van der Waals surface area (Å²) in [6, 6.07) is 6.00. The van der Waals surface area contributed by atoms with Crippen LogP contribution in [0.25, 0.3) is 0 Å². The standard InChI is InChI=1S/C17H27FN2O3S/c1-4-15(5-2)17(21)19-11-13-20(24(3,22)23)12-10-14-6-8-16(18)9-7-14/h6-9,15H,4-5,10-13H2,1-3H3,(H,19,21). The third-order valence-electron chi connectivity index (χ3n) is 4.05. The maximum absolute atomic E-state index is 12.9. The molecule has 0 aromatic heterocycles. The molecule has 0 saturated heterocycles. The van der Waals surface area contributed by atoms with Gasteiger partial charge in [0, 0.05) is 25.6 Å². The Morgan fingerprint density at radius 2 is 1.75 bits per heavy atom. The first-order valence-corrected chi connectivity index (χ1v) is 10.1. The highest BCUT2D eigenvalue weighted by atomic mass is 32.2. The first-order valence-electron chi connectivity index (χ1n) is 8.25. The van der Waals surface area contributed by atoms with Crippen molar-refractivity contribution in [3.8, 4) is 0 Å². The number of sulfonamides is 1. The van der Waals surface area contributed by atoms with Crippen LogP contribution in [-0.4, -0.2) is 44.5 Å². The first kappa shape index (κ1) is 20.6. The van der Waals surface area contributed by atoms with Crippen molar-refractivity contribution >= 4 is 15.9 Å². The molecule has 1 aromatic carbocycles. The summed E-state index contributed by atoms with van der Waals surface area (Å²) in [5, 5.41) is 2.80. The zero-order valence-electron chi connectivity index (χ0n) is 14.6. The highest BCUT2D eigenvalue weighted by molar-refractivity contribution is 7.88. The van der Waals surface area contributed by atoms with Gasteiger partial charge in [-0.1, -0.05) is 26.0 Å². The van der Waals surface area contributed by atoms with Crippen molar-refractivity contribution < 1.29 is 17.6 Å². The average Bonchev–Trinajstić information content (AvgIpc) is 2.52. The van der Waals surface area contributed by atoms with Gasteiger partial charge >= 0.3 is 0 Å². The zero-order chi connectivity index (χ0) is 18.2. The molecule has 0 aliphatic heterocycles. The Morgan fingerprint density at radius 1 is 1.17 bits per heavy atom. The predicted octanol–water partition coefficient (Wildman–Crippen LogP) is 2.18. The third-order valence-corrected chi connectivity index (χ3v) is 5.35. The molecule has 0 saturated carbocycles. The van der Waals surface area contributed by atoms with Gasteiger partial charge in [0.2, 0.25) is 15.9 Å². The third kappa shape index (κ3) is 6.97. The van der Waals surface area contributed by atoms with Gasteiger partial charge in [0.25, 0.3) is 0 Å². The molecule has 0 atom stereocenters. The number of nitrogens with one attached hydrogen (secondary N) is 1. The van der Waals surface area contributed by atoms with Gasteiger partial charge in [0.15, 0.2) is 0 Å². The lowest BCUT2D eigenvalue weighted by Gasteiger charge is -2.21. The Bertz CT molecular complexity index is 613. The number of benzene rings is 1. The number of amides is 1. The lowest BCUT2D eigenvalue weighted by molar-refractivity contribution is -0.125. The molecule has 136 valence electrons. The molecule has 1 aromatic rings. The summed E-state index contributed by atoms with van der Waals surface area (Å²) in [5.41, 5.74) is 0.867. The number of hydrogen-bond donors (Lipinski definition) is 1. The van der Waals surface area contributed by atoms with Crippen molar-refractivity contribution in [2.75, 3.05) is 25.9 Å². The molecule has 0 bridgehead atoms. The van der Waals surface area contributed by atoms with Crippen molar-refractivity contribution in [2.24, 2.45) is 5.92 Å². The topological polar surface area (TPSA) is 66.5 Å². The maximum atomic E-state index is 12.9. The summed E-state index contributed by atoms with van der Waals surface area (Å²) in [6.07, 6.45) is 3.18. The number of carbonyl (C=O) groups excluding carboxylic acids is 1. The van der Waals surface area contributed by atoms with Gasteiger partial charge in [0.1, 0.15) is 5.82 Å². The Morgan fingerprint density at radius 3 is 2.25 bits per heavy atom. The summed E-state index contributed by atoms with van der Waals surface area (Å²) < 4.78 is 38.0. The van der Waals surface area contributed by atoms with Crippen molar-refractivity contribution in [3.05, 3.63) is 35.6 Å². The summed E-state index contributed by atoms with van der Waals surface area (Å²) >= 11 is 0. The van der Waals surface area contributed by atoms with Gasteiger partial charge in [-0.3, -0.25) is 4.79 Å². The number of carbonyl (C=O) groups is 1. The largest absolute Gasteiger partial charge is 0.355 e. The van der Waals surface area contributed by atoms with Crippen LogP contribution >= 0.6 is 0 Å². The fourth-order valence-corrected chi connectivity index (χ4v) is 3.30. The lowest BCUT2D eigenvalue weighted by atomic mass is 10.0. The second kappa shape index (κ2) is 9.74. The number of halogens is 1. The van der Waals surface area contributed by atoms with Crippen LogP contribution in [0.15, 0.2) is 24.3 Å². The highest BCUT2D eigenvalue weighted by Crippen LogP contribution is 2.08. The van der Waals surface area contributed by atoms with Gasteiger partial charge in [-0.05, 0) is 37.0 Å². The monoisotopic (exact) mass is 358 g/mol. The second-order valence-electron chi connectivity index (χ2n) is 5.84. The van der Waals surface area contributed by atoms with Crippen molar-refractivity contribution in [1.82, 2.24) is 9.62 Å². The van der Waals surface area contributed by atoms with E-state index in [-0.39, 0.29) is 30.7 Å². The number of hydrogen-bond acceptors (Lipinski definition) is 3. The van der Waals surface area contributed by atoms with E-state index < -0.39 is 10.0 Å². The minimum Gasteiger partial charge on any atom is -0.355 e. The first-order chi connectivity index (χ1) is 11.3.